The summed E-state index contributed by atoms with van der Waals surface area (Å²) in [6.07, 6.45) is 2.20. The van der Waals surface area contributed by atoms with Gasteiger partial charge in [0.2, 0.25) is 0 Å². The van der Waals surface area contributed by atoms with Gasteiger partial charge in [-0.2, -0.15) is 0 Å². The molecule has 0 fully saturated rings. The third-order valence-corrected chi connectivity index (χ3v) is 3.05. The maximum atomic E-state index is 11.0. The van der Waals surface area contributed by atoms with Crippen LogP contribution in [0.2, 0.25) is 0 Å². The third-order valence-electron chi connectivity index (χ3n) is 1.78. The van der Waals surface area contributed by atoms with Crippen LogP contribution in [0.25, 0.3) is 0 Å². The quantitative estimate of drug-likeness (QED) is 0.582. The summed E-state index contributed by atoms with van der Waals surface area (Å²) in [5.41, 5.74) is -0.224. The lowest BCUT2D eigenvalue weighted by Crippen LogP contribution is -2.11. The van der Waals surface area contributed by atoms with E-state index in [9.17, 15) is 9.59 Å². The van der Waals surface area contributed by atoms with Gasteiger partial charge in [0.25, 0.3) is 5.56 Å². The molecule has 0 aromatic carbocycles. The summed E-state index contributed by atoms with van der Waals surface area (Å²) in [5, 5.41) is 9.05. The molecule has 1 heterocycles. The first kappa shape index (κ1) is 11.8. The Balaban J connectivity index is 2.66. The Morgan fingerprint density at radius 1 is 1.73 bits per heavy atom. The van der Waals surface area contributed by atoms with E-state index >= 15 is 0 Å². The van der Waals surface area contributed by atoms with Crippen molar-refractivity contribution in [3.05, 3.63) is 22.6 Å². The lowest BCUT2D eigenvalue weighted by Gasteiger charge is -2.09. The molecule has 1 aromatic heterocycles. The largest absolute Gasteiger partial charge is 0.481 e. The molecule has 15 heavy (non-hydrogen) atoms. The van der Waals surface area contributed by atoms with Gasteiger partial charge in [-0.1, -0.05) is 18.7 Å². The Hall–Kier alpha value is -1.30. The van der Waals surface area contributed by atoms with Crippen molar-refractivity contribution < 1.29 is 9.90 Å². The smallest absolute Gasteiger partial charge is 0.304 e. The molecule has 1 atom stereocenters. The van der Waals surface area contributed by atoms with Gasteiger partial charge >= 0.3 is 5.97 Å². The van der Waals surface area contributed by atoms with Crippen LogP contribution < -0.4 is 5.56 Å². The van der Waals surface area contributed by atoms with Gasteiger partial charge in [0.15, 0.2) is 5.16 Å². The monoisotopic (exact) mass is 228 g/mol. The fourth-order valence-corrected chi connectivity index (χ4v) is 2.02. The Morgan fingerprint density at radius 3 is 3.00 bits per heavy atom. The molecule has 5 nitrogen and oxygen atoms in total. The summed E-state index contributed by atoms with van der Waals surface area (Å²) in [5.74, 6) is -0.840. The Kier molecular flexibility index (Phi) is 4.36. The second-order valence-electron chi connectivity index (χ2n) is 2.99. The highest BCUT2D eigenvalue weighted by atomic mass is 32.2. The van der Waals surface area contributed by atoms with Crippen molar-refractivity contribution in [2.75, 3.05) is 0 Å². The lowest BCUT2D eigenvalue weighted by atomic mass is 10.2. The summed E-state index contributed by atoms with van der Waals surface area (Å²) in [6, 6.07) is 1.32. The minimum absolute atomic E-state index is 0.0620. The number of carboxylic acid groups (broad SMARTS) is 1. The molecule has 1 unspecified atom stereocenters. The molecule has 6 heteroatoms. The standard InChI is InChI=1S/C9H12N2O3S/c1-2-6(5-8(13)14)15-9-10-4-3-7(12)11-9/h3-4,6H,2,5H2,1H3,(H,13,14)(H,10,11,12). The zero-order valence-electron chi connectivity index (χ0n) is 8.27. The van der Waals surface area contributed by atoms with Gasteiger partial charge in [0, 0.05) is 17.5 Å². The summed E-state index contributed by atoms with van der Waals surface area (Å²) in [6.45, 7) is 1.90. The number of nitrogens with one attached hydrogen (secondary N) is 1. The van der Waals surface area contributed by atoms with Crippen molar-refractivity contribution in [2.24, 2.45) is 0 Å². The molecular weight excluding hydrogens is 216 g/mol. The zero-order valence-corrected chi connectivity index (χ0v) is 9.08. The maximum Gasteiger partial charge on any atom is 0.304 e. The van der Waals surface area contributed by atoms with Gasteiger partial charge in [-0.05, 0) is 6.42 Å². The third kappa shape index (κ3) is 4.16. The van der Waals surface area contributed by atoms with E-state index in [4.69, 9.17) is 5.11 Å². The summed E-state index contributed by atoms with van der Waals surface area (Å²) >= 11 is 1.28. The van der Waals surface area contributed by atoms with Gasteiger partial charge in [-0.15, -0.1) is 0 Å². The number of thioether (sulfide) groups is 1. The number of aromatic nitrogens is 2. The first-order valence-corrected chi connectivity index (χ1v) is 5.43. The Labute approximate surface area is 90.9 Å². The molecule has 0 saturated carbocycles. The van der Waals surface area contributed by atoms with Crippen LogP contribution in [0.4, 0.5) is 0 Å². The van der Waals surface area contributed by atoms with Gasteiger partial charge in [0.05, 0.1) is 6.42 Å². The normalized spacial score (nSPS) is 12.3. The molecular formula is C9H12N2O3S. The molecule has 0 aliphatic rings. The van der Waals surface area contributed by atoms with E-state index in [1.54, 1.807) is 0 Å². The first-order valence-electron chi connectivity index (χ1n) is 4.55. The van der Waals surface area contributed by atoms with E-state index in [2.05, 4.69) is 9.97 Å². The minimum atomic E-state index is -0.840. The summed E-state index contributed by atoms with van der Waals surface area (Å²) in [4.78, 5) is 28.0. The highest BCUT2D eigenvalue weighted by Crippen LogP contribution is 2.23. The predicted octanol–water partition coefficient (Wildman–Crippen LogP) is 1.12. The number of hydrogen-bond acceptors (Lipinski definition) is 4. The van der Waals surface area contributed by atoms with Crippen LogP contribution in [0.5, 0.6) is 0 Å². The van der Waals surface area contributed by atoms with Crippen molar-refractivity contribution in [2.45, 2.75) is 30.2 Å². The van der Waals surface area contributed by atoms with Gasteiger partial charge in [-0.3, -0.25) is 9.59 Å². The second-order valence-corrected chi connectivity index (χ2v) is 4.27. The molecule has 0 aliphatic heterocycles. The number of rotatable bonds is 5. The fourth-order valence-electron chi connectivity index (χ4n) is 1.03. The van der Waals surface area contributed by atoms with E-state index < -0.39 is 5.97 Å². The molecule has 82 valence electrons. The van der Waals surface area contributed by atoms with E-state index in [0.29, 0.717) is 5.16 Å². The average Bonchev–Trinajstić information content (AvgIpc) is 2.16. The van der Waals surface area contributed by atoms with E-state index in [0.717, 1.165) is 6.42 Å². The second kappa shape index (κ2) is 5.55. The first-order chi connectivity index (χ1) is 7.11. The van der Waals surface area contributed by atoms with Crippen LogP contribution in [-0.2, 0) is 4.79 Å². The Morgan fingerprint density at radius 2 is 2.47 bits per heavy atom. The number of carboxylic acids is 1. The van der Waals surface area contributed by atoms with E-state index in [1.807, 2.05) is 6.92 Å². The van der Waals surface area contributed by atoms with Crippen LogP contribution >= 0.6 is 11.8 Å². The number of carbonyl (C=O) groups is 1. The molecule has 0 bridgehead atoms. The number of hydrogen-bond donors (Lipinski definition) is 2. The van der Waals surface area contributed by atoms with Crippen molar-refractivity contribution in [1.29, 1.82) is 0 Å². The number of aliphatic carboxylic acids is 1. The molecule has 0 amide bonds. The number of H-pyrrole nitrogens is 1. The fraction of sp³-hybridized carbons (Fsp3) is 0.444. The number of nitrogens with zero attached hydrogens (tertiary/aromatic N) is 1. The van der Waals surface area contributed by atoms with Crippen LogP contribution in [0.3, 0.4) is 0 Å². The van der Waals surface area contributed by atoms with E-state index in [1.165, 1.54) is 24.0 Å². The van der Waals surface area contributed by atoms with Crippen molar-refractivity contribution in [1.82, 2.24) is 9.97 Å². The maximum absolute atomic E-state index is 11.0. The topological polar surface area (TPSA) is 83.0 Å². The van der Waals surface area contributed by atoms with Crippen LogP contribution in [0.1, 0.15) is 19.8 Å². The highest BCUT2D eigenvalue weighted by molar-refractivity contribution is 7.99. The van der Waals surface area contributed by atoms with E-state index in [-0.39, 0.29) is 17.2 Å². The van der Waals surface area contributed by atoms with Crippen molar-refractivity contribution in [3.63, 3.8) is 0 Å². The van der Waals surface area contributed by atoms with Crippen molar-refractivity contribution in [3.8, 4) is 0 Å². The average molecular weight is 228 g/mol. The summed E-state index contributed by atoms with van der Waals surface area (Å²) in [7, 11) is 0. The molecule has 2 N–H and O–H groups in total. The predicted molar refractivity (Wildman–Crippen MR) is 57.0 cm³/mol. The van der Waals surface area contributed by atoms with Gasteiger partial charge in [-0.25, -0.2) is 4.98 Å². The Bertz CT molecular complexity index is 391. The zero-order chi connectivity index (χ0) is 11.3. The molecule has 1 rings (SSSR count). The lowest BCUT2D eigenvalue weighted by molar-refractivity contribution is -0.136. The molecule has 0 saturated heterocycles. The molecule has 0 spiro atoms. The molecule has 1 aromatic rings. The molecule has 0 radical (unpaired) electrons. The molecule has 0 aliphatic carbocycles. The summed E-state index contributed by atoms with van der Waals surface area (Å²) < 4.78 is 0. The SMILES string of the molecule is CCC(CC(=O)O)Sc1nccc(=O)[nH]1. The van der Waals surface area contributed by atoms with Crippen LogP contribution in [0.15, 0.2) is 22.2 Å². The highest BCUT2D eigenvalue weighted by Gasteiger charge is 2.13. The van der Waals surface area contributed by atoms with Gasteiger partial charge in [0.1, 0.15) is 0 Å². The van der Waals surface area contributed by atoms with Crippen LogP contribution in [-0.4, -0.2) is 26.3 Å². The van der Waals surface area contributed by atoms with Crippen molar-refractivity contribution >= 4 is 17.7 Å². The van der Waals surface area contributed by atoms with Crippen LogP contribution in [0, 0.1) is 0 Å². The van der Waals surface area contributed by atoms with Gasteiger partial charge < -0.3 is 10.1 Å². The minimum Gasteiger partial charge on any atom is -0.481 e. The number of aromatic amines is 1.